The molecule has 2 aromatic heterocycles. The van der Waals surface area contributed by atoms with Crippen molar-refractivity contribution in [2.24, 2.45) is 0 Å². The Hall–Kier alpha value is -3.54. The van der Waals surface area contributed by atoms with E-state index in [0.717, 1.165) is 39.3 Å². The van der Waals surface area contributed by atoms with Gasteiger partial charge >= 0.3 is 0 Å². The quantitative estimate of drug-likeness (QED) is 0.582. The van der Waals surface area contributed by atoms with Crippen LogP contribution in [0.1, 0.15) is 17.2 Å². The zero-order valence-corrected chi connectivity index (χ0v) is 14.2. The molecule has 0 saturated carbocycles. The summed E-state index contributed by atoms with van der Waals surface area (Å²) < 4.78 is 7.41. The van der Waals surface area contributed by atoms with Gasteiger partial charge in [0.05, 0.1) is 18.7 Å². The maximum Gasteiger partial charge on any atom is 0.238 e. The normalized spacial score (nSPS) is 15.2. The summed E-state index contributed by atoms with van der Waals surface area (Å²) in [5, 5.41) is 8.01. The minimum absolute atomic E-state index is 0.0919. The Balaban J connectivity index is 1.86. The van der Waals surface area contributed by atoms with Crippen molar-refractivity contribution < 1.29 is 4.74 Å². The number of nitrogen functional groups attached to an aromatic ring is 1. The number of nitrogens with zero attached hydrogens (tertiary/aromatic N) is 3. The van der Waals surface area contributed by atoms with Gasteiger partial charge in [-0.2, -0.15) is 0 Å². The molecule has 1 aliphatic heterocycles. The lowest BCUT2D eigenvalue weighted by Crippen LogP contribution is -2.12. The number of nitrogens with two attached hydrogens (primary N) is 1. The molecule has 2 aromatic carbocycles. The number of nitrogens with one attached hydrogen (secondary N) is 1. The van der Waals surface area contributed by atoms with Crippen molar-refractivity contribution in [3.63, 3.8) is 0 Å². The standard InChI is InChI=1S/C20H17N5O/c1-26-16-9-5-3-7-13(16)17-14-10-11-25-19(14)18(23-20(21)24-25)12-6-2-4-8-15(12)22-17/h2-11,17,22H,1H3,(H2,21,24). The van der Waals surface area contributed by atoms with Gasteiger partial charge in [-0.1, -0.05) is 36.4 Å². The summed E-state index contributed by atoms with van der Waals surface area (Å²) in [6.45, 7) is 0. The molecule has 0 bridgehead atoms. The molecule has 0 amide bonds. The molecule has 1 aliphatic rings. The Labute approximate surface area is 150 Å². The number of methoxy groups -OCH3 is 1. The molecule has 3 heterocycles. The highest BCUT2D eigenvalue weighted by molar-refractivity contribution is 5.90. The molecule has 6 nitrogen and oxygen atoms in total. The number of aromatic nitrogens is 3. The van der Waals surface area contributed by atoms with Gasteiger partial charge in [0.1, 0.15) is 11.4 Å². The number of hydrogen-bond donors (Lipinski definition) is 2. The van der Waals surface area contributed by atoms with Crippen LogP contribution in [-0.2, 0) is 0 Å². The predicted molar refractivity (Wildman–Crippen MR) is 101 cm³/mol. The molecule has 0 radical (unpaired) electrons. The summed E-state index contributed by atoms with van der Waals surface area (Å²) in [7, 11) is 1.69. The Morgan fingerprint density at radius 1 is 1.04 bits per heavy atom. The monoisotopic (exact) mass is 343 g/mol. The van der Waals surface area contributed by atoms with Crippen molar-refractivity contribution in [3.05, 3.63) is 71.9 Å². The lowest BCUT2D eigenvalue weighted by Gasteiger charge is -2.21. The molecule has 3 N–H and O–H groups in total. The van der Waals surface area contributed by atoms with Gasteiger partial charge in [-0.15, -0.1) is 5.10 Å². The molecule has 5 rings (SSSR count). The Morgan fingerprint density at radius 2 is 1.85 bits per heavy atom. The van der Waals surface area contributed by atoms with Crippen LogP contribution in [0.25, 0.3) is 16.8 Å². The molecule has 0 spiro atoms. The number of fused-ring (bicyclic) bond motifs is 2. The molecular weight excluding hydrogens is 326 g/mol. The predicted octanol–water partition coefficient (Wildman–Crippen LogP) is 3.50. The third-order valence-corrected chi connectivity index (χ3v) is 4.80. The van der Waals surface area contributed by atoms with Crippen LogP contribution in [0.2, 0.25) is 0 Å². The van der Waals surface area contributed by atoms with Gasteiger partial charge in [0.25, 0.3) is 0 Å². The fourth-order valence-electron chi connectivity index (χ4n) is 3.69. The largest absolute Gasteiger partial charge is 0.496 e. The summed E-state index contributed by atoms with van der Waals surface area (Å²) in [4.78, 5) is 4.55. The Morgan fingerprint density at radius 3 is 2.73 bits per heavy atom. The summed E-state index contributed by atoms with van der Waals surface area (Å²) in [6, 6.07) is 18.1. The van der Waals surface area contributed by atoms with Crippen molar-refractivity contribution in [2.75, 3.05) is 18.2 Å². The average molecular weight is 343 g/mol. The van der Waals surface area contributed by atoms with E-state index in [1.165, 1.54) is 0 Å². The first-order chi connectivity index (χ1) is 12.8. The van der Waals surface area contributed by atoms with Gasteiger partial charge in [0, 0.05) is 28.6 Å². The molecule has 4 aromatic rings. The van der Waals surface area contributed by atoms with E-state index in [4.69, 9.17) is 10.5 Å². The lowest BCUT2D eigenvalue weighted by molar-refractivity contribution is 0.409. The molecule has 6 heteroatoms. The molecule has 0 fully saturated rings. The second kappa shape index (κ2) is 5.49. The highest BCUT2D eigenvalue weighted by Gasteiger charge is 2.28. The van der Waals surface area contributed by atoms with E-state index in [1.54, 1.807) is 11.6 Å². The van der Waals surface area contributed by atoms with Crippen molar-refractivity contribution in [1.82, 2.24) is 14.6 Å². The minimum atomic E-state index is -0.0919. The van der Waals surface area contributed by atoms with Crippen LogP contribution < -0.4 is 15.8 Å². The summed E-state index contributed by atoms with van der Waals surface area (Å²) in [5.41, 5.74) is 11.9. The Bertz CT molecular complexity index is 1130. The van der Waals surface area contributed by atoms with E-state index in [1.807, 2.05) is 42.6 Å². The second-order valence-corrected chi connectivity index (χ2v) is 6.25. The van der Waals surface area contributed by atoms with Crippen molar-refractivity contribution in [2.45, 2.75) is 6.04 Å². The van der Waals surface area contributed by atoms with Crippen molar-refractivity contribution >= 4 is 17.2 Å². The summed E-state index contributed by atoms with van der Waals surface area (Å²) in [6.07, 6.45) is 1.92. The van der Waals surface area contributed by atoms with Crippen molar-refractivity contribution in [1.29, 1.82) is 0 Å². The minimum Gasteiger partial charge on any atom is -0.496 e. The molecule has 26 heavy (non-hydrogen) atoms. The first-order valence-electron chi connectivity index (χ1n) is 8.40. The first-order valence-corrected chi connectivity index (χ1v) is 8.40. The van der Waals surface area contributed by atoms with E-state index >= 15 is 0 Å². The number of benzene rings is 2. The zero-order valence-electron chi connectivity index (χ0n) is 14.2. The molecule has 1 unspecified atom stereocenters. The average Bonchev–Trinajstić information content (AvgIpc) is 3.03. The second-order valence-electron chi connectivity index (χ2n) is 6.25. The van der Waals surface area contributed by atoms with Crippen LogP contribution in [0.4, 0.5) is 11.6 Å². The maximum absolute atomic E-state index is 5.95. The summed E-state index contributed by atoms with van der Waals surface area (Å²) in [5.74, 6) is 1.09. The number of hydrogen-bond acceptors (Lipinski definition) is 5. The number of rotatable bonds is 2. The van der Waals surface area contributed by atoms with Crippen LogP contribution in [0.3, 0.4) is 0 Å². The smallest absolute Gasteiger partial charge is 0.238 e. The van der Waals surface area contributed by atoms with Gasteiger partial charge in [-0.3, -0.25) is 0 Å². The fraction of sp³-hybridized carbons (Fsp3) is 0.100. The van der Waals surface area contributed by atoms with E-state index in [2.05, 4.69) is 33.6 Å². The van der Waals surface area contributed by atoms with Crippen LogP contribution in [0.15, 0.2) is 60.8 Å². The molecule has 0 aliphatic carbocycles. The molecular formula is C20H17N5O. The number of para-hydroxylation sites is 2. The summed E-state index contributed by atoms with van der Waals surface area (Å²) >= 11 is 0. The third-order valence-electron chi connectivity index (χ3n) is 4.80. The van der Waals surface area contributed by atoms with Gasteiger partial charge in [0.15, 0.2) is 0 Å². The Kier molecular flexibility index (Phi) is 3.12. The SMILES string of the molecule is COc1ccccc1C1Nc2ccccc2-c2nc(N)nn3ccc1c23. The fourth-order valence-corrected chi connectivity index (χ4v) is 3.69. The maximum atomic E-state index is 5.95. The highest BCUT2D eigenvalue weighted by Crippen LogP contribution is 2.43. The van der Waals surface area contributed by atoms with Crippen LogP contribution in [0, 0.1) is 0 Å². The molecule has 1 atom stereocenters. The van der Waals surface area contributed by atoms with Gasteiger partial charge < -0.3 is 15.8 Å². The van der Waals surface area contributed by atoms with E-state index in [0.29, 0.717) is 0 Å². The van der Waals surface area contributed by atoms with Crippen molar-refractivity contribution in [3.8, 4) is 17.0 Å². The van der Waals surface area contributed by atoms with E-state index in [-0.39, 0.29) is 12.0 Å². The number of anilines is 2. The van der Waals surface area contributed by atoms with E-state index < -0.39 is 0 Å². The first kappa shape index (κ1) is 14.8. The topological polar surface area (TPSA) is 77.5 Å². The van der Waals surface area contributed by atoms with E-state index in [9.17, 15) is 0 Å². The number of ether oxygens (including phenoxy) is 1. The van der Waals surface area contributed by atoms with Crippen LogP contribution in [0.5, 0.6) is 5.75 Å². The van der Waals surface area contributed by atoms with Crippen LogP contribution in [-0.4, -0.2) is 21.7 Å². The molecule has 128 valence electrons. The van der Waals surface area contributed by atoms with Gasteiger partial charge in [0.2, 0.25) is 5.95 Å². The molecule has 0 saturated heterocycles. The van der Waals surface area contributed by atoms with Gasteiger partial charge in [-0.25, -0.2) is 9.50 Å². The van der Waals surface area contributed by atoms with Gasteiger partial charge in [-0.05, 0) is 18.2 Å². The third kappa shape index (κ3) is 2.05. The zero-order chi connectivity index (χ0) is 17.7. The highest BCUT2D eigenvalue weighted by atomic mass is 16.5. The van der Waals surface area contributed by atoms with Crippen LogP contribution >= 0.6 is 0 Å². The lowest BCUT2D eigenvalue weighted by atomic mass is 9.99.